The summed E-state index contributed by atoms with van der Waals surface area (Å²) in [5.41, 5.74) is 1.84. The summed E-state index contributed by atoms with van der Waals surface area (Å²) < 4.78 is 17.4. The molecule has 0 atom stereocenters. The van der Waals surface area contributed by atoms with Crippen molar-refractivity contribution < 1.29 is 13.9 Å². The molecule has 2 heterocycles. The zero-order valence-electron chi connectivity index (χ0n) is 20.3. The number of fused-ring (bicyclic) bond motifs is 1. The molecule has 6 heteroatoms. The van der Waals surface area contributed by atoms with Crippen molar-refractivity contribution in [3.8, 4) is 22.6 Å². The summed E-state index contributed by atoms with van der Waals surface area (Å²) in [4.78, 5) is 15.6. The van der Waals surface area contributed by atoms with Crippen LogP contribution in [0.1, 0.15) is 39.5 Å². The van der Waals surface area contributed by atoms with Gasteiger partial charge >= 0.3 is 0 Å². The predicted octanol–water partition coefficient (Wildman–Crippen LogP) is 5.09. The van der Waals surface area contributed by atoms with Gasteiger partial charge in [-0.1, -0.05) is 25.0 Å². The first-order valence-corrected chi connectivity index (χ1v) is 12.5. The average molecular weight is 465 g/mol. The maximum Gasteiger partial charge on any atom is 0.200 e. The largest absolute Gasteiger partial charge is 0.494 e. The van der Waals surface area contributed by atoms with Crippen LogP contribution in [0.4, 0.5) is 0 Å². The molecular formula is C28H36N2O4. The molecule has 1 fully saturated rings. The molecule has 1 N–H and O–H groups in total. The van der Waals surface area contributed by atoms with Gasteiger partial charge in [0, 0.05) is 32.2 Å². The molecule has 6 nitrogen and oxygen atoms in total. The number of unbranched alkanes of at least 4 members (excludes halogenated alkanes) is 3. The third-order valence-corrected chi connectivity index (χ3v) is 6.13. The quantitative estimate of drug-likeness (QED) is 0.399. The molecule has 2 aromatic carbocycles. The molecule has 0 unspecified atom stereocenters. The molecule has 0 bridgehead atoms. The predicted molar refractivity (Wildman–Crippen MR) is 137 cm³/mol. The normalized spacial score (nSPS) is 14.6. The lowest BCUT2D eigenvalue weighted by Gasteiger charge is -2.27. The Morgan fingerprint density at radius 1 is 0.971 bits per heavy atom. The van der Waals surface area contributed by atoms with Crippen LogP contribution in [0.3, 0.4) is 0 Å². The summed E-state index contributed by atoms with van der Waals surface area (Å²) in [7, 11) is 0. The molecule has 0 saturated carbocycles. The Labute approximate surface area is 201 Å². The van der Waals surface area contributed by atoms with Crippen LogP contribution < -0.4 is 20.2 Å². The molecule has 0 radical (unpaired) electrons. The van der Waals surface area contributed by atoms with Gasteiger partial charge in [0.1, 0.15) is 23.3 Å². The Balaban J connectivity index is 1.26. The van der Waals surface area contributed by atoms with E-state index in [1.54, 1.807) is 12.1 Å². The average Bonchev–Trinajstić information content (AvgIpc) is 2.84. The van der Waals surface area contributed by atoms with E-state index in [0.717, 1.165) is 30.8 Å². The molecule has 1 aliphatic heterocycles. The van der Waals surface area contributed by atoms with Gasteiger partial charge in [0.2, 0.25) is 0 Å². The highest BCUT2D eigenvalue weighted by atomic mass is 16.5. The minimum Gasteiger partial charge on any atom is -0.494 e. The van der Waals surface area contributed by atoms with Crippen molar-refractivity contribution >= 4 is 11.0 Å². The number of nitrogens with zero attached hydrogens (tertiary/aromatic N) is 1. The van der Waals surface area contributed by atoms with E-state index in [-0.39, 0.29) is 11.5 Å². The lowest BCUT2D eigenvalue weighted by molar-refractivity contribution is 0.234. The summed E-state index contributed by atoms with van der Waals surface area (Å²) in [6, 6.07) is 13.0. The van der Waals surface area contributed by atoms with Gasteiger partial charge in [0.05, 0.1) is 23.7 Å². The number of ether oxygens (including phenoxy) is 2. The second-order valence-electron chi connectivity index (χ2n) is 9.18. The molecule has 182 valence electrons. The van der Waals surface area contributed by atoms with Crippen molar-refractivity contribution in [2.24, 2.45) is 0 Å². The fraction of sp³-hybridized carbons (Fsp3) is 0.464. The molecule has 1 aromatic heterocycles. The van der Waals surface area contributed by atoms with Gasteiger partial charge in [-0.3, -0.25) is 4.79 Å². The Kier molecular flexibility index (Phi) is 8.61. The third kappa shape index (κ3) is 6.61. The van der Waals surface area contributed by atoms with E-state index in [1.807, 2.05) is 44.2 Å². The monoisotopic (exact) mass is 464 g/mol. The number of piperazine rings is 1. The number of benzene rings is 2. The van der Waals surface area contributed by atoms with Gasteiger partial charge in [0.25, 0.3) is 0 Å². The fourth-order valence-corrected chi connectivity index (χ4v) is 4.30. The van der Waals surface area contributed by atoms with Gasteiger partial charge in [-0.05, 0) is 63.1 Å². The lowest BCUT2D eigenvalue weighted by Crippen LogP contribution is -2.43. The van der Waals surface area contributed by atoms with Gasteiger partial charge in [0.15, 0.2) is 5.43 Å². The minimum atomic E-state index is -0.0492. The highest BCUT2D eigenvalue weighted by Gasteiger charge is 2.11. The van der Waals surface area contributed by atoms with E-state index in [0.29, 0.717) is 28.9 Å². The highest BCUT2D eigenvalue weighted by Crippen LogP contribution is 2.25. The molecule has 0 spiro atoms. The first kappa shape index (κ1) is 24.3. The van der Waals surface area contributed by atoms with Crippen molar-refractivity contribution in [2.45, 2.75) is 45.6 Å². The van der Waals surface area contributed by atoms with Crippen LogP contribution >= 0.6 is 0 Å². The van der Waals surface area contributed by atoms with Gasteiger partial charge in [-0.15, -0.1) is 0 Å². The number of hydrogen-bond donors (Lipinski definition) is 1. The molecule has 1 saturated heterocycles. The Morgan fingerprint density at radius 2 is 1.71 bits per heavy atom. The Morgan fingerprint density at radius 3 is 2.47 bits per heavy atom. The second-order valence-corrected chi connectivity index (χ2v) is 9.18. The number of nitrogens with one attached hydrogen (secondary N) is 1. The van der Waals surface area contributed by atoms with Crippen LogP contribution in [0.15, 0.2) is 57.9 Å². The van der Waals surface area contributed by atoms with Crippen LogP contribution in [0.25, 0.3) is 22.1 Å². The van der Waals surface area contributed by atoms with E-state index in [9.17, 15) is 4.79 Å². The SMILES string of the molecule is CC(C)Oc1ccc2c(=O)c(-c3ccc(OCCCCCCN4CCNCC4)cc3)coc2c1. The van der Waals surface area contributed by atoms with Crippen molar-refractivity contribution in [2.75, 3.05) is 39.3 Å². The maximum absolute atomic E-state index is 13.0. The van der Waals surface area contributed by atoms with E-state index in [2.05, 4.69) is 10.2 Å². The third-order valence-electron chi connectivity index (χ3n) is 6.13. The van der Waals surface area contributed by atoms with Crippen molar-refractivity contribution in [3.63, 3.8) is 0 Å². The van der Waals surface area contributed by atoms with E-state index < -0.39 is 0 Å². The summed E-state index contributed by atoms with van der Waals surface area (Å²) in [5, 5.41) is 3.94. The standard InChI is InChI=1S/C28H36N2O4/c1-21(2)34-24-11-12-25-27(19-24)33-20-26(28(25)31)22-7-9-23(10-8-22)32-18-6-4-3-5-15-30-16-13-29-14-17-30/h7-12,19-21,29H,3-6,13-18H2,1-2H3. The van der Waals surface area contributed by atoms with Crippen LogP contribution in [-0.4, -0.2) is 50.3 Å². The van der Waals surface area contributed by atoms with Crippen LogP contribution in [0.5, 0.6) is 11.5 Å². The molecule has 1 aliphatic rings. The first-order chi connectivity index (χ1) is 16.6. The first-order valence-electron chi connectivity index (χ1n) is 12.5. The lowest BCUT2D eigenvalue weighted by atomic mass is 10.1. The molecule has 0 amide bonds. The minimum absolute atomic E-state index is 0.0492. The summed E-state index contributed by atoms with van der Waals surface area (Å²) in [6.07, 6.45) is 6.34. The number of hydrogen-bond acceptors (Lipinski definition) is 6. The maximum atomic E-state index is 13.0. The smallest absolute Gasteiger partial charge is 0.200 e. The molecule has 3 aromatic rings. The summed E-state index contributed by atoms with van der Waals surface area (Å²) in [5.74, 6) is 1.52. The highest BCUT2D eigenvalue weighted by molar-refractivity contribution is 5.82. The van der Waals surface area contributed by atoms with Gasteiger partial charge < -0.3 is 24.1 Å². The van der Waals surface area contributed by atoms with Crippen molar-refractivity contribution in [3.05, 3.63) is 59.0 Å². The van der Waals surface area contributed by atoms with Gasteiger partial charge in [-0.25, -0.2) is 0 Å². The molecular weight excluding hydrogens is 428 g/mol. The summed E-state index contributed by atoms with van der Waals surface area (Å²) >= 11 is 0. The second kappa shape index (κ2) is 12.0. The van der Waals surface area contributed by atoms with Crippen LogP contribution in [0, 0.1) is 0 Å². The van der Waals surface area contributed by atoms with E-state index in [1.165, 1.54) is 45.2 Å². The summed E-state index contributed by atoms with van der Waals surface area (Å²) in [6.45, 7) is 10.4. The van der Waals surface area contributed by atoms with Crippen LogP contribution in [-0.2, 0) is 0 Å². The Hall–Kier alpha value is -2.83. The van der Waals surface area contributed by atoms with E-state index in [4.69, 9.17) is 13.9 Å². The zero-order chi connectivity index (χ0) is 23.8. The van der Waals surface area contributed by atoms with Crippen molar-refractivity contribution in [1.82, 2.24) is 10.2 Å². The fourth-order valence-electron chi connectivity index (χ4n) is 4.30. The van der Waals surface area contributed by atoms with Crippen LogP contribution in [0.2, 0.25) is 0 Å². The number of rotatable bonds is 11. The zero-order valence-corrected chi connectivity index (χ0v) is 20.3. The molecule has 0 aliphatic carbocycles. The van der Waals surface area contributed by atoms with Crippen molar-refractivity contribution in [1.29, 1.82) is 0 Å². The Bertz CT molecular complexity index is 1100. The molecule has 4 rings (SSSR count). The van der Waals surface area contributed by atoms with E-state index >= 15 is 0 Å². The van der Waals surface area contributed by atoms with Gasteiger partial charge in [-0.2, -0.15) is 0 Å². The topological polar surface area (TPSA) is 63.9 Å². The molecule has 34 heavy (non-hydrogen) atoms.